The molecule has 4 heteroatoms. The lowest BCUT2D eigenvalue weighted by Gasteiger charge is -2.17. The van der Waals surface area contributed by atoms with Crippen LogP contribution in [-0.2, 0) is 0 Å². The van der Waals surface area contributed by atoms with Gasteiger partial charge in [0.25, 0.3) is 0 Å². The summed E-state index contributed by atoms with van der Waals surface area (Å²) in [5.41, 5.74) is 6.76. The van der Waals surface area contributed by atoms with E-state index in [2.05, 4.69) is 70.9 Å². The van der Waals surface area contributed by atoms with Gasteiger partial charge in [-0.2, -0.15) is 0 Å². The standard InChI is InChI=1S/C16H20O2P2/c1-9-5-11(3)15(17-19)13(7-9)14-8-10(2)6-12(4)16(14)18-20/h5-8H,19-20H2,1-4H3. The third-order valence-electron chi connectivity index (χ3n) is 3.36. The van der Waals surface area contributed by atoms with E-state index in [0.717, 1.165) is 33.8 Å². The van der Waals surface area contributed by atoms with Crippen molar-refractivity contribution >= 4 is 18.9 Å². The highest BCUT2D eigenvalue weighted by Crippen LogP contribution is 2.42. The molecule has 20 heavy (non-hydrogen) atoms. The second-order valence-electron chi connectivity index (χ2n) is 5.15. The molecular formula is C16H20O2P2. The number of hydrogen-bond donors (Lipinski definition) is 0. The molecule has 2 aromatic rings. The first kappa shape index (κ1) is 15.3. The second kappa shape index (κ2) is 6.12. The summed E-state index contributed by atoms with van der Waals surface area (Å²) in [6, 6.07) is 8.50. The van der Waals surface area contributed by atoms with Crippen LogP contribution in [0.15, 0.2) is 24.3 Å². The van der Waals surface area contributed by atoms with Gasteiger partial charge in [0.05, 0.1) is 18.9 Å². The van der Waals surface area contributed by atoms with Gasteiger partial charge in [-0.05, 0) is 62.1 Å². The van der Waals surface area contributed by atoms with E-state index in [4.69, 9.17) is 9.05 Å². The highest BCUT2D eigenvalue weighted by molar-refractivity contribution is 7.10. The van der Waals surface area contributed by atoms with Crippen molar-refractivity contribution in [1.29, 1.82) is 0 Å². The molecule has 2 atom stereocenters. The molecule has 0 bridgehead atoms. The van der Waals surface area contributed by atoms with Crippen LogP contribution in [0, 0.1) is 27.7 Å². The Morgan fingerprint density at radius 1 is 0.650 bits per heavy atom. The highest BCUT2D eigenvalue weighted by Gasteiger charge is 2.16. The first-order valence-electron chi connectivity index (χ1n) is 6.44. The minimum Gasteiger partial charge on any atom is -0.479 e. The molecule has 0 heterocycles. The van der Waals surface area contributed by atoms with Crippen molar-refractivity contribution < 1.29 is 9.05 Å². The Hall–Kier alpha value is -1.10. The van der Waals surface area contributed by atoms with E-state index >= 15 is 0 Å². The van der Waals surface area contributed by atoms with Gasteiger partial charge in [-0.25, -0.2) is 0 Å². The van der Waals surface area contributed by atoms with E-state index in [0.29, 0.717) is 0 Å². The van der Waals surface area contributed by atoms with Crippen LogP contribution >= 0.6 is 18.9 Å². The molecule has 0 aliphatic carbocycles. The van der Waals surface area contributed by atoms with E-state index < -0.39 is 0 Å². The zero-order chi connectivity index (χ0) is 14.9. The predicted octanol–water partition coefficient (Wildman–Crippen LogP) is 4.93. The molecule has 0 aliphatic rings. The predicted molar refractivity (Wildman–Crippen MR) is 91.5 cm³/mol. The van der Waals surface area contributed by atoms with Crippen molar-refractivity contribution in [2.24, 2.45) is 0 Å². The normalized spacial score (nSPS) is 10.5. The van der Waals surface area contributed by atoms with Gasteiger partial charge in [0.1, 0.15) is 11.5 Å². The molecule has 0 fully saturated rings. The average molecular weight is 306 g/mol. The maximum absolute atomic E-state index is 5.52. The fraction of sp³-hybridized carbons (Fsp3) is 0.250. The molecule has 0 radical (unpaired) electrons. The molecule has 0 aliphatic heterocycles. The molecule has 0 aromatic heterocycles. The first-order valence-corrected chi connectivity index (χ1v) is 7.38. The summed E-state index contributed by atoms with van der Waals surface area (Å²) < 4.78 is 11.0. The lowest BCUT2D eigenvalue weighted by atomic mass is 9.95. The third-order valence-corrected chi connectivity index (χ3v) is 3.84. The summed E-state index contributed by atoms with van der Waals surface area (Å²) in [4.78, 5) is 0. The molecule has 0 amide bonds. The van der Waals surface area contributed by atoms with Crippen LogP contribution in [-0.4, -0.2) is 0 Å². The molecule has 0 saturated heterocycles. The lowest BCUT2D eigenvalue weighted by molar-refractivity contribution is 0.631. The number of rotatable bonds is 3. The maximum Gasteiger partial charge on any atom is 0.133 e. The molecule has 2 nitrogen and oxygen atoms in total. The molecule has 2 aromatic carbocycles. The summed E-state index contributed by atoms with van der Waals surface area (Å²) in [5.74, 6) is 1.74. The fourth-order valence-corrected chi connectivity index (χ4v) is 3.25. The van der Waals surface area contributed by atoms with E-state index in [1.165, 1.54) is 11.1 Å². The van der Waals surface area contributed by atoms with E-state index in [1.807, 2.05) is 0 Å². The van der Waals surface area contributed by atoms with Crippen LogP contribution < -0.4 is 9.05 Å². The summed E-state index contributed by atoms with van der Waals surface area (Å²) in [6.07, 6.45) is 0. The topological polar surface area (TPSA) is 18.5 Å². The van der Waals surface area contributed by atoms with Gasteiger partial charge >= 0.3 is 0 Å². The van der Waals surface area contributed by atoms with Crippen LogP contribution in [0.1, 0.15) is 22.3 Å². The van der Waals surface area contributed by atoms with Crippen molar-refractivity contribution in [1.82, 2.24) is 0 Å². The number of benzene rings is 2. The van der Waals surface area contributed by atoms with Crippen LogP contribution in [0.2, 0.25) is 0 Å². The van der Waals surface area contributed by atoms with Crippen LogP contribution in [0.4, 0.5) is 0 Å². The van der Waals surface area contributed by atoms with Crippen molar-refractivity contribution in [3.63, 3.8) is 0 Å². The molecule has 106 valence electrons. The molecule has 0 N–H and O–H groups in total. The Bertz CT molecular complexity index is 594. The fourth-order valence-electron chi connectivity index (χ4n) is 2.62. The van der Waals surface area contributed by atoms with Crippen LogP contribution in [0.25, 0.3) is 11.1 Å². The van der Waals surface area contributed by atoms with Crippen LogP contribution in [0.3, 0.4) is 0 Å². The summed E-state index contributed by atoms with van der Waals surface area (Å²) in [5, 5.41) is 0. The minimum atomic E-state index is 0.869. The van der Waals surface area contributed by atoms with Gasteiger partial charge in [0, 0.05) is 11.1 Å². The quantitative estimate of drug-likeness (QED) is 0.749. The molecule has 0 spiro atoms. The summed E-state index contributed by atoms with van der Waals surface area (Å²) >= 11 is 0. The zero-order valence-corrected chi connectivity index (χ0v) is 14.6. The molecule has 0 saturated carbocycles. The van der Waals surface area contributed by atoms with Crippen LogP contribution in [0.5, 0.6) is 11.5 Å². The minimum absolute atomic E-state index is 0.869. The molecule has 2 rings (SSSR count). The van der Waals surface area contributed by atoms with Crippen molar-refractivity contribution in [3.05, 3.63) is 46.5 Å². The van der Waals surface area contributed by atoms with E-state index in [9.17, 15) is 0 Å². The monoisotopic (exact) mass is 306 g/mol. The van der Waals surface area contributed by atoms with Crippen molar-refractivity contribution in [2.75, 3.05) is 0 Å². The first-order chi connectivity index (χ1) is 9.47. The van der Waals surface area contributed by atoms with E-state index in [1.54, 1.807) is 0 Å². The smallest absolute Gasteiger partial charge is 0.133 e. The number of aryl methyl sites for hydroxylation is 4. The Balaban J connectivity index is 2.80. The highest BCUT2D eigenvalue weighted by atomic mass is 31.0. The van der Waals surface area contributed by atoms with Crippen molar-refractivity contribution in [2.45, 2.75) is 27.7 Å². The number of hydrogen-bond acceptors (Lipinski definition) is 2. The molecular weight excluding hydrogens is 286 g/mol. The second-order valence-corrected chi connectivity index (χ2v) is 5.62. The summed E-state index contributed by atoms with van der Waals surface area (Å²) in [6.45, 7) is 8.29. The van der Waals surface area contributed by atoms with Crippen molar-refractivity contribution in [3.8, 4) is 22.6 Å². The van der Waals surface area contributed by atoms with Gasteiger partial charge < -0.3 is 9.05 Å². The van der Waals surface area contributed by atoms with E-state index in [-0.39, 0.29) is 0 Å². The Labute approximate surface area is 125 Å². The van der Waals surface area contributed by atoms with Gasteiger partial charge in [-0.1, -0.05) is 12.1 Å². The SMILES string of the molecule is Cc1cc(C)c(OP)c(-c2cc(C)cc(C)c2OP)c1. The van der Waals surface area contributed by atoms with Gasteiger partial charge in [0.2, 0.25) is 0 Å². The molecule has 2 unspecified atom stereocenters. The lowest BCUT2D eigenvalue weighted by Crippen LogP contribution is -1.93. The Morgan fingerprint density at radius 2 is 1.00 bits per heavy atom. The summed E-state index contributed by atoms with van der Waals surface area (Å²) in [7, 11) is 4.68. The average Bonchev–Trinajstić information content (AvgIpc) is 2.37. The van der Waals surface area contributed by atoms with Gasteiger partial charge in [0.15, 0.2) is 0 Å². The Kier molecular flexibility index (Phi) is 4.68. The van der Waals surface area contributed by atoms with Gasteiger partial charge in [-0.3, -0.25) is 0 Å². The van der Waals surface area contributed by atoms with Gasteiger partial charge in [-0.15, -0.1) is 0 Å². The largest absolute Gasteiger partial charge is 0.479 e. The maximum atomic E-state index is 5.52. The zero-order valence-electron chi connectivity index (χ0n) is 12.3. The Morgan fingerprint density at radius 3 is 1.30 bits per heavy atom. The third kappa shape index (κ3) is 2.82.